The van der Waals surface area contributed by atoms with Crippen molar-refractivity contribution in [3.05, 3.63) is 70.8 Å². The molecule has 1 fully saturated rings. The maximum Gasteiger partial charge on any atom is 0.407 e. The lowest BCUT2D eigenvalue weighted by atomic mass is 9.89. The molecule has 1 saturated heterocycles. The standard InChI is InChI=1S/C23H26F2N2O3/c1-16(18-12-19(24)14-20(25)13-18)30-15-23(7-6-17-4-2-3-5-21(17)23)27-10-8-26(9-11-27)22(28)29/h2-5,12-14,16H,6-11,15H2,1H3,(H,28,29)/t16-,23?/m0/s1. The zero-order valence-corrected chi connectivity index (χ0v) is 17.0. The van der Waals surface area contributed by atoms with E-state index >= 15 is 0 Å². The SMILES string of the molecule is C[C@H](OCC1(N2CCN(C(=O)O)CC2)CCc2ccccc21)c1cc(F)cc(F)c1. The van der Waals surface area contributed by atoms with Gasteiger partial charge in [-0.2, -0.15) is 0 Å². The van der Waals surface area contributed by atoms with E-state index < -0.39 is 23.8 Å². The summed E-state index contributed by atoms with van der Waals surface area (Å²) in [7, 11) is 0. The van der Waals surface area contributed by atoms with Gasteiger partial charge in [0.2, 0.25) is 0 Å². The molecule has 1 aliphatic heterocycles. The van der Waals surface area contributed by atoms with Crippen LogP contribution in [0.2, 0.25) is 0 Å². The third kappa shape index (κ3) is 3.91. The van der Waals surface area contributed by atoms with Gasteiger partial charge in [0.05, 0.1) is 18.2 Å². The lowest BCUT2D eigenvalue weighted by Gasteiger charge is -2.46. The predicted octanol–water partition coefficient (Wildman–Crippen LogP) is 4.18. The molecule has 160 valence electrons. The van der Waals surface area contributed by atoms with E-state index in [0.29, 0.717) is 38.3 Å². The summed E-state index contributed by atoms with van der Waals surface area (Å²) < 4.78 is 33.5. The van der Waals surface area contributed by atoms with E-state index in [9.17, 15) is 18.7 Å². The summed E-state index contributed by atoms with van der Waals surface area (Å²) in [6, 6.07) is 11.7. The van der Waals surface area contributed by atoms with Crippen molar-refractivity contribution in [3.8, 4) is 0 Å². The Kier molecular flexibility index (Phi) is 5.75. The van der Waals surface area contributed by atoms with Gasteiger partial charge in [0.15, 0.2) is 0 Å². The second-order valence-corrected chi connectivity index (χ2v) is 8.10. The van der Waals surface area contributed by atoms with E-state index in [2.05, 4.69) is 17.0 Å². The van der Waals surface area contributed by atoms with Crippen molar-refractivity contribution in [2.45, 2.75) is 31.4 Å². The van der Waals surface area contributed by atoms with Crippen LogP contribution < -0.4 is 0 Å². The number of hydrogen-bond acceptors (Lipinski definition) is 3. The second kappa shape index (κ2) is 8.32. The Bertz CT molecular complexity index is 910. The number of aryl methyl sites for hydroxylation is 1. The summed E-state index contributed by atoms with van der Waals surface area (Å²) in [5, 5.41) is 9.28. The number of hydrogen-bond donors (Lipinski definition) is 1. The minimum Gasteiger partial charge on any atom is -0.465 e. The number of carboxylic acid groups (broad SMARTS) is 1. The van der Waals surface area contributed by atoms with Crippen LogP contribution in [0.15, 0.2) is 42.5 Å². The number of amides is 1. The molecule has 2 aromatic carbocycles. The highest BCUT2D eigenvalue weighted by Crippen LogP contribution is 2.43. The molecule has 0 spiro atoms. The predicted molar refractivity (Wildman–Crippen MR) is 108 cm³/mol. The van der Waals surface area contributed by atoms with Crippen LogP contribution in [0.4, 0.5) is 13.6 Å². The van der Waals surface area contributed by atoms with E-state index in [0.717, 1.165) is 18.9 Å². The molecule has 30 heavy (non-hydrogen) atoms. The van der Waals surface area contributed by atoms with Gasteiger partial charge in [-0.25, -0.2) is 13.6 Å². The number of halogens is 2. The third-order valence-corrected chi connectivity index (χ3v) is 6.41. The largest absolute Gasteiger partial charge is 0.465 e. The molecule has 1 unspecified atom stereocenters. The molecule has 0 aromatic heterocycles. The molecule has 0 saturated carbocycles. The van der Waals surface area contributed by atoms with Gasteiger partial charge in [-0.3, -0.25) is 4.90 Å². The van der Waals surface area contributed by atoms with Gasteiger partial charge in [-0.1, -0.05) is 24.3 Å². The molecule has 0 bridgehead atoms. The lowest BCUT2D eigenvalue weighted by molar-refractivity contribution is -0.0547. The van der Waals surface area contributed by atoms with Gasteiger partial charge in [0.25, 0.3) is 0 Å². The molecule has 4 rings (SSSR count). The van der Waals surface area contributed by atoms with E-state index in [1.807, 2.05) is 12.1 Å². The summed E-state index contributed by atoms with van der Waals surface area (Å²) in [4.78, 5) is 15.1. The highest BCUT2D eigenvalue weighted by Gasteiger charge is 2.45. The van der Waals surface area contributed by atoms with Crippen LogP contribution in [0.5, 0.6) is 0 Å². The minimum atomic E-state index is -0.895. The first-order chi connectivity index (χ1) is 14.4. The molecule has 1 heterocycles. The molecular formula is C23H26F2N2O3. The number of rotatable bonds is 5. The van der Waals surface area contributed by atoms with Gasteiger partial charge in [0, 0.05) is 32.2 Å². The van der Waals surface area contributed by atoms with Crippen LogP contribution in [0.25, 0.3) is 0 Å². The fourth-order valence-corrected chi connectivity index (χ4v) is 4.73. The Balaban J connectivity index is 1.57. The lowest BCUT2D eigenvalue weighted by Crippen LogP contribution is -2.57. The molecule has 7 heteroatoms. The van der Waals surface area contributed by atoms with Gasteiger partial charge in [-0.05, 0) is 48.6 Å². The Hall–Kier alpha value is -2.51. The van der Waals surface area contributed by atoms with Crippen LogP contribution >= 0.6 is 0 Å². The van der Waals surface area contributed by atoms with Crippen molar-refractivity contribution in [1.82, 2.24) is 9.80 Å². The third-order valence-electron chi connectivity index (χ3n) is 6.41. The summed E-state index contributed by atoms with van der Waals surface area (Å²) in [6.07, 6.45) is 0.416. The highest BCUT2D eigenvalue weighted by molar-refractivity contribution is 5.65. The molecular weight excluding hydrogens is 390 g/mol. The zero-order chi connectivity index (χ0) is 21.3. The molecule has 0 radical (unpaired) electrons. The van der Waals surface area contributed by atoms with Crippen LogP contribution in [-0.2, 0) is 16.7 Å². The first-order valence-corrected chi connectivity index (χ1v) is 10.3. The monoisotopic (exact) mass is 416 g/mol. The number of fused-ring (bicyclic) bond motifs is 1. The van der Waals surface area contributed by atoms with Gasteiger partial charge in [-0.15, -0.1) is 0 Å². The second-order valence-electron chi connectivity index (χ2n) is 8.10. The van der Waals surface area contributed by atoms with Crippen LogP contribution in [0.1, 0.15) is 36.1 Å². The van der Waals surface area contributed by atoms with Gasteiger partial charge >= 0.3 is 6.09 Å². The molecule has 2 aromatic rings. The average Bonchev–Trinajstić information content (AvgIpc) is 3.11. The van der Waals surface area contributed by atoms with Crippen LogP contribution in [0.3, 0.4) is 0 Å². The summed E-state index contributed by atoms with van der Waals surface area (Å²) in [5.41, 5.74) is 2.56. The van der Waals surface area contributed by atoms with Crippen molar-refractivity contribution in [2.24, 2.45) is 0 Å². The molecule has 2 aliphatic rings. The van der Waals surface area contributed by atoms with E-state index in [4.69, 9.17) is 4.74 Å². The van der Waals surface area contributed by atoms with Crippen LogP contribution in [0, 0.1) is 11.6 Å². The van der Waals surface area contributed by atoms with E-state index in [1.54, 1.807) is 6.92 Å². The Morgan fingerprint density at radius 1 is 1.13 bits per heavy atom. The molecule has 1 amide bonds. The van der Waals surface area contributed by atoms with Crippen molar-refractivity contribution in [3.63, 3.8) is 0 Å². The highest BCUT2D eigenvalue weighted by atomic mass is 19.1. The van der Waals surface area contributed by atoms with Crippen LogP contribution in [-0.4, -0.2) is 53.8 Å². The maximum absolute atomic E-state index is 13.6. The van der Waals surface area contributed by atoms with E-state index in [-0.39, 0.29) is 5.54 Å². The van der Waals surface area contributed by atoms with Gasteiger partial charge < -0.3 is 14.7 Å². The first kappa shape index (κ1) is 20.8. The van der Waals surface area contributed by atoms with Crippen molar-refractivity contribution >= 4 is 6.09 Å². The first-order valence-electron chi connectivity index (χ1n) is 10.3. The number of benzene rings is 2. The number of nitrogens with zero attached hydrogens (tertiary/aromatic N) is 2. The normalized spacial score (nSPS) is 22.7. The number of carbonyl (C=O) groups is 1. The van der Waals surface area contributed by atoms with Crippen molar-refractivity contribution in [2.75, 3.05) is 32.8 Å². The maximum atomic E-state index is 13.6. The topological polar surface area (TPSA) is 53.0 Å². The smallest absolute Gasteiger partial charge is 0.407 e. The Labute approximate surface area is 174 Å². The molecule has 1 N–H and O–H groups in total. The summed E-state index contributed by atoms with van der Waals surface area (Å²) in [6.45, 7) is 4.30. The Morgan fingerprint density at radius 2 is 1.80 bits per heavy atom. The fourth-order valence-electron chi connectivity index (χ4n) is 4.73. The molecule has 1 aliphatic carbocycles. The zero-order valence-electron chi connectivity index (χ0n) is 17.0. The number of ether oxygens (including phenoxy) is 1. The van der Waals surface area contributed by atoms with E-state index in [1.165, 1.54) is 28.2 Å². The fraction of sp³-hybridized carbons (Fsp3) is 0.435. The van der Waals surface area contributed by atoms with Crippen molar-refractivity contribution in [1.29, 1.82) is 0 Å². The summed E-state index contributed by atoms with van der Waals surface area (Å²) >= 11 is 0. The number of piperazine rings is 1. The Morgan fingerprint density at radius 3 is 2.47 bits per heavy atom. The molecule has 5 nitrogen and oxygen atoms in total. The van der Waals surface area contributed by atoms with Gasteiger partial charge in [0.1, 0.15) is 11.6 Å². The minimum absolute atomic E-state index is 0.371. The average molecular weight is 416 g/mol. The quantitative estimate of drug-likeness (QED) is 0.795. The summed E-state index contributed by atoms with van der Waals surface area (Å²) in [5.74, 6) is -1.24. The molecule has 2 atom stereocenters. The van der Waals surface area contributed by atoms with Crippen molar-refractivity contribution < 1.29 is 23.4 Å².